The van der Waals surface area contributed by atoms with E-state index < -0.39 is 5.79 Å². The fourth-order valence-corrected chi connectivity index (χ4v) is 4.71. The lowest BCUT2D eigenvalue weighted by atomic mass is 10.1. The summed E-state index contributed by atoms with van der Waals surface area (Å²) in [5.74, 6) is 0.373. The molecule has 0 aromatic heterocycles. The lowest BCUT2D eigenvalue weighted by Gasteiger charge is -2.37. The van der Waals surface area contributed by atoms with Gasteiger partial charge in [-0.25, -0.2) is 5.43 Å². The Kier molecular flexibility index (Phi) is 15.6. The lowest BCUT2D eigenvalue weighted by molar-refractivity contribution is -0.159. The fraction of sp³-hybridized carbons (Fsp3) is 0.457. The highest BCUT2D eigenvalue weighted by Gasteiger charge is 2.36. The van der Waals surface area contributed by atoms with Crippen LogP contribution >= 0.6 is 0 Å². The molecule has 3 aromatic rings. The van der Waals surface area contributed by atoms with Gasteiger partial charge in [0.15, 0.2) is 5.79 Å². The SMILES string of the molecule is CC.CC1COC(C)(c2ccccc2)O1.CCN(C=N)NC.COc1ccc(N2CCN(c3ccc(C)cc3)CC2)cc1. The highest BCUT2D eigenvalue weighted by Crippen LogP contribution is 2.33. The standard InChI is InChI=1S/C18H22N2O.C11H14O2.C4H11N3.C2H6/c1-15-3-5-16(6-4-15)19-11-13-20(14-12-19)17-7-9-18(21-2)10-8-17;1-9-8-12-11(2,13-9)10-6-4-3-5-7-10;1-3-7(4-5)6-2;1-2/h3-10H,11-14H2,1-2H3;3-7,9H,8H2,1-2H3;4-6H,3H2,1-2H3;1-2H3. The van der Waals surface area contributed by atoms with Crippen molar-refractivity contribution in [1.29, 1.82) is 5.41 Å². The van der Waals surface area contributed by atoms with Crippen molar-refractivity contribution >= 4 is 17.7 Å². The number of nitrogens with zero attached hydrogens (tertiary/aromatic N) is 3. The van der Waals surface area contributed by atoms with Crippen molar-refractivity contribution < 1.29 is 14.2 Å². The summed E-state index contributed by atoms with van der Waals surface area (Å²) in [5.41, 5.74) is 7.80. The first-order valence-corrected chi connectivity index (χ1v) is 15.3. The third kappa shape index (κ3) is 11.2. The zero-order chi connectivity index (χ0) is 31.7. The number of piperazine rings is 1. The van der Waals surface area contributed by atoms with Gasteiger partial charge in [-0.2, -0.15) is 0 Å². The molecule has 2 aliphatic rings. The van der Waals surface area contributed by atoms with Crippen LogP contribution < -0.4 is 20.0 Å². The van der Waals surface area contributed by atoms with Crippen LogP contribution in [0.15, 0.2) is 78.9 Å². The van der Waals surface area contributed by atoms with E-state index in [0.717, 1.165) is 44.0 Å². The molecular formula is C35H53N5O3. The third-order valence-electron chi connectivity index (χ3n) is 7.22. The van der Waals surface area contributed by atoms with Gasteiger partial charge in [0.05, 0.1) is 26.2 Å². The van der Waals surface area contributed by atoms with Gasteiger partial charge in [0, 0.05) is 56.7 Å². The van der Waals surface area contributed by atoms with Crippen LogP contribution in [0.4, 0.5) is 11.4 Å². The van der Waals surface area contributed by atoms with Crippen LogP contribution in [0.3, 0.4) is 0 Å². The topological polar surface area (TPSA) is 73.3 Å². The molecule has 0 amide bonds. The normalized spacial score (nSPS) is 19.0. The molecule has 0 spiro atoms. The minimum Gasteiger partial charge on any atom is -0.497 e. The number of hydrogen-bond donors (Lipinski definition) is 2. The smallest absolute Gasteiger partial charge is 0.192 e. The maximum atomic E-state index is 6.70. The van der Waals surface area contributed by atoms with Crippen molar-refractivity contribution in [2.45, 2.75) is 53.4 Å². The number of ether oxygens (including phenoxy) is 3. The maximum absolute atomic E-state index is 6.70. The summed E-state index contributed by atoms with van der Waals surface area (Å²) < 4.78 is 16.5. The van der Waals surface area contributed by atoms with Crippen molar-refractivity contribution in [2.75, 3.05) is 63.3 Å². The van der Waals surface area contributed by atoms with E-state index in [4.69, 9.17) is 19.6 Å². The van der Waals surface area contributed by atoms with Crippen LogP contribution in [-0.2, 0) is 15.3 Å². The Morgan fingerprint density at radius 2 is 1.44 bits per heavy atom. The summed E-state index contributed by atoms with van der Waals surface area (Å²) in [6.45, 7) is 17.8. The third-order valence-corrected chi connectivity index (χ3v) is 7.22. The van der Waals surface area contributed by atoms with Crippen molar-refractivity contribution in [3.63, 3.8) is 0 Å². The van der Waals surface area contributed by atoms with E-state index in [1.165, 1.54) is 23.3 Å². The van der Waals surface area contributed by atoms with Gasteiger partial charge in [-0.1, -0.05) is 61.9 Å². The van der Waals surface area contributed by atoms with Gasteiger partial charge in [0.25, 0.3) is 0 Å². The number of hydrazine groups is 1. The minimum absolute atomic E-state index is 0.185. The molecule has 0 bridgehead atoms. The second kappa shape index (κ2) is 18.8. The van der Waals surface area contributed by atoms with Gasteiger partial charge in [-0.05, 0) is 64.1 Å². The Bertz CT molecular complexity index is 1150. The fourth-order valence-electron chi connectivity index (χ4n) is 4.71. The molecule has 3 aromatic carbocycles. The van der Waals surface area contributed by atoms with Crippen LogP contribution in [-0.4, -0.2) is 70.9 Å². The van der Waals surface area contributed by atoms with Gasteiger partial charge in [0.1, 0.15) is 5.75 Å². The molecule has 5 rings (SSSR count). The summed E-state index contributed by atoms with van der Waals surface area (Å²) in [5, 5.41) is 8.36. The zero-order valence-electron chi connectivity index (χ0n) is 27.5. The molecule has 236 valence electrons. The number of rotatable bonds is 7. The summed E-state index contributed by atoms with van der Waals surface area (Å²) in [7, 11) is 3.49. The number of benzene rings is 3. The molecule has 0 saturated carbocycles. The predicted molar refractivity (Wildman–Crippen MR) is 180 cm³/mol. The van der Waals surface area contributed by atoms with E-state index in [0.29, 0.717) is 6.61 Å². The van der Waals surface area contributed by atoms with E-state index in [-0.39, 0.29) is 6.10 Å². The van der Waals surface area contributed by atoms with Crippen LogP contribution in [0, 0.1) is 12.3 Å². The van der Waals surface area contributed by atoms with Gasteiger partial charge < -0.3 is 24.0 Å². The maximum Gasteiger partial charge on any atom is 0.192 e. The van der Waals surface area contributed by atoms with Crippen molar-refractivity contribution in [2.24, 2.45) is 0 Å². The van der Waals surface area contributed by atoms with Gasteiger partial charge in [0.2, 0.25) is 0 Å². The summed E-state index contributed by atoms with van der Waals surface area (Å²) >= 11 is 0. The predicted octanol–water partition coefficient (Wildman–Crippen LogP) is 6.70. The second-order valence-corrected chi connectivity index (χ2v) is 10.2. The molecule has 0 aliphatic carbocycles. The number of hydrogen-bond acceptors (Lipinski definition) is 7. The van der Waals surface area contributed by atoms with Gasteiger partial charge in [-0.3, -0.25) is 10.4 Å². The van der Waals surface area contributed by atoms with E-state index >= 15 is 0 Å². The average Bonchev–Trinajstić information content (AvgIpc) is 3.43. The Labute approximate surface area is 260 Å². The lowest BCUT2D eigenvalue weighted by Crippen LogP contribution is -2.46. The van der Waals surface area contributed by atoms with E-state index in [1.54, 1.807) is 19.2 Å². The molecule has 2 saturated heterocycles. The van der Waals surface area contributed by atoms with Crippen LogP contribution in [0.1, 0.15) is 45.7 Å². The largest absolute Gasteiger partial charge is 0.497 e. The number of aryl methyl sites for hydroxylation is 1. The Hall–Kier alpha value is -3.59. The number of nitrogens with one attached hydrogen (secondary N) is 2. The highest BCUT2D eigenvalue weighted by atomic mass is 16.7. The molecule has 8 nitrogen and oxygen atoms in total. The Balaban J connectivity index is 0.000000250. The van der Waals surface area contributed by atoms with E-state index in [2.05, 4.69) is 58.5 Å². The van der Waals surface area contributed by atoms with Crippen LogP contribution in [0.25, 0.3) is 0 Å². The molecule has 2 aliphatic heterocycles. The molecular weight excluding hydrogens is 538 g/mol. The molecule has 2 fully saturated rings. The number of anilines is 2. The van der Waals surface area contributed by atoms with E-state index in [1.807, 2.05) is 77.1 Å². The van der Waals surface area contributed by atoms with Crippen molar-refractivity contribution in [3.8, 4) is 5.75 Å². The monoisotopic (exact) mass is 591 g/mol. The molecule has 2 heterocycles. The summed E-state index contributed by atoms with van der Waals surface area (Å²) in [6.07, 6.45) is 1.44. The summed E-state index contributed by atoms with van der Waals surface area (Å²) in [4.78, 5) is 4.89. The number of methoxy groups -OCH3 is 1. The van der Waals surface area contributed by atoms with Gasteiger partial charge >= 0.3 is 0 Å². The summed E-state index contributed by atoms with van der Waals surface area (Å²) in [6, 6.07) is 27.2. The minimum atomic E-state index is -0.541. The molecule has 2 atom stereocenters. The van der Waals surface area contributed by atoms with Crippen LogP contribution in [0.2, 0.25) is 0 Å². The first kappa shape index (κ1) is 35.6. The molecule has 43 heavy (non-hydrogen) atoms. The van der Waals surface area contributed by atoms with Crippen LogP contribution in [0.5, 0.6) is 5.75 Å². The Morgan fingerprint density at radius 1 is 0.930 bits per heavy atom. The van der Waals surface area contributed by atoms with Crippen molar-refractivity contribution in [3.05, 3.63) is 90.0 Å². The molecule has 0 radical (unpaired) electrons. The average molecular weight is 592 g/mol. The first-order valence-electron chi connectivity index (χ1n) is 15.3. The Morgan fingerprint density at radius 3 is 1.81 bits per heavy atom. The van der Waals surface area contributed by atoms with E-state index in [9.17, 15) is 0 Å². The first-order chi connectivity index (χ1) is 20.8. The molecule has 8 heteroatoms. The van der Waals surface area contributed by atoms with Crippen molar-refractivity contribution in [1.82, 2.24) is 10.4 Å². The van der Waals surface area contributed by atoms with Gasteiger partial charge in [-0.15, -0.1) is 0 Å². The molecule has 2 N–H and O–H groups in total. The zero-order valence-corrected chi connectivity index (χ0v) is 27.5. The second-order valence-electron chi connectivity index (χ2n) is 10.2. The highest BCUT2D eigenvalue weighted by molar-refractivity contribution is 5.53. The quantitative estimate of drug-likeness (QED) is 0.180. The molecule has 2 unspecified atom stereocenters.